The predicted molar refractivity (Wildman–Crippen MR) is 103 cm³/mol. The number of hydrogen-bond acceptors (Lipinski definition) is 6. The van der Waals surface area contributed by atoms with E-state index in [4.69, 9.17) is 6.42 Å². The molecule has 2 aromatic rings. The van der Waals surface area contributed by atoms with Gasteiger partial charge >= 0.3 is 0 Å². The molecular formula is C20H19N5O3. The summed E-state index contributed by atoms with van der Waals surface area (Å²) < 4.78 is 0. The maximum atomic E-state index is 12.4. The Kier molecular flexibility index (Phi) is 4.45. The first-order valence-electron chi connectivity index (χ1n) is 9.01. The first-order valence-corrected chi connectivity index (χ1v) is 9.01. The Morgan fingerprint density at radius 2 is 2.11 bits per heavy atom. The topological polar surface area (TPSA) is 107 Å². The van der Waals surface area contributed by atoms with Gasteiger partial charge in [-0.25, -0.2) is 9.97 Å². The number of hydrogen-bond donors (Lipinski definition) is 3. The number of rotatable bonds is 5. The average molecular weight is 377 g/mol. The molecule has 1 saturated heterocycles. The second-order valence-corrected chi connectivity index (χ2v) is 6.92. The Morgan fingerprint density at radius 1 is 1.29 bits per heavy atom. The molecule has 28 heavy (non-hydrogen) atoms. The van der Waals surface area contributed by atoms with Gasteiger partial charge in [0.05, 0.1) is 5.56 Å². The molecule has 3 N–H and O–H groups in total. The van der Waals surface area contributed by atoms with Crippen LogP contribution in [0.1, 0.15) is 29.6 Å². The lowest BCUT2D eigenvalue weighted by Crippen LogP contribution is -2.38. The average Bonchev–Trinajstić information content (AvgIpc) is 3.47. The van der Waals surface area contributed by atoms with Gasteiger partial charge in [-0.05, 0) is 31.0 Å². The van der Waals surface area contributed by atoms with E-state index < -0.39 is 11.5 Å². The fraction of sp³-hybridized carbons (Fsp3) is 0.300. The molecule has 142 valence electrons. The van der Waals surface area contributed by atoms with Crippen molar-refractivity contribution in [1.82, 2.24) is 15.3 Å². The summed E-state index contributed by atoms with van der Waals surface area (Å²) >= 11 is 0. The third kappa shape index (κ3) is 3.52. The molecule has 1 aliphatic carbocycles. The molecule has 4 rings (SSSR count). The molecule has 0 unspecified atom stereocenters. The fourth-order valence-electron chi connectivity index (χ4n) is 2.97. The summed E-state index contributed by atoms with van der Waals surface area (Å²) in [5.74, 6) is 2.51. The summed E-state index contributed by atoms with van der Waals surface area (Å²) in [5, 5.41) is 16.1. The van der Waals surface area contributed by atoms with Gasteiger partial charge in [-0.15, -0.1) is 6.42 Å². The van der Waals surface area contributed by atoms with Crippen LogP contribution < -0.4 is 15.5 Å². The van der Waals surface area contributed by atoms with Crippen LogP contribution in [-0.4, -0.2) is 45.1 Å². The van der Waals surface area contributed by atoms with Crippen LogP contribution in [0, 0.1) is 12.3 Å². The number of aliphatic hydroxyl groups is 1. The molecule has 0 aromatic carbocycles. The maximum Gasteiger partial charge on any atom is 0.271 e. The molecule has 2 aromatic heterocycles. The number of terminal acetylenes is 1. The highest BCUT2D eigenvalue weighted by molar-refractivity contribution is 6.04. The zero-order valence-corrected chi connectivity index (χ0v) is 15.1. The van der Waals surface area contributed by atoms with Crippen molar-refractivity contribution in [2.45, 2.75) is 30.9 Å². The van der Waals surface area contributed by atoms with E-state index in [2.05, 4.69) is 26.5 Å². The van der Waals surface area contributed by atoms with Crippen LogP contribution in [0.25, 0.3) is 0 Å². The van der Waals surface area contributed by atoms with Crippen molar-refractivity contribution in [3.63, 3.8) is 0 Å². The zero-order valence-electron chi connectivity index (χ0n) is 15.1. The van der Waals surface area contributed by atoms with Crippen molar-refractivity contribution in [1.29, 1.82) is 0 Å². The number of nitrogens with zero attached hydrogens (tertiary/aromatic N) is 3. The number of pyridine rings is 2. The highest BCUT2D eigenvalue weighted by Gasteiger charge is 2.44. The molecule has 1 atom stereocenters. The largest absolute Gasteiger partial charge is 0.369 e. The maximum absolute atomic E-state index is 12.4. The molecule has 0 radical (unpaired) electrons. The number of anilines is 3. The number of carbonyl (C=O) groups is 2. The van der Waals surface area contributed by atoms with Crippen LogP contribution in [0.15, 0.2) is 36.7 Å². The van der Waals surface area contributed by atoms with Crippen molar-refractivity contribution in [3.05, 3.63) is 42.2 Å². The van der Waals surface area contributed by atoms with Crippen LogP contribution >= 0.6 is 0 Å². The smallest absolute Gasteiger partial charge is 0.271 e. The SMILES string of the molecule is C#C[C@@]1(O)CCN(c2ccnc(Nc3ccc(C(=O)NC4CC4)cn3)c2)C1=O. The lowest BCUT2D eigenvalue weighted by Gasteiger charge is -2.18. The van der Waals surface area contributed by atoms with E-state index in [1.54, 1.807) is 30.5 Å². The molecule has 2 aliphatic rings. The molecule has 8 heteroatoms. The van der Waals surface area contributed by atoms with Crippen LogP contribution in [0.5, 0.6) is 0 Å². The number of carbonyl (C=O) groups excluding carboxylic acids is 2. The van der Waals surface area contributed by atoms with Crippen molar-refractivity contribution in [2.24, 2.45) is 0 Å². The second-order valence-electron chi connectivity index (χ2n) is 6.92. The Balaban J connectivity index is 1.46. The fourth-order valence-corrected chi connectivity index (χ4v) is 2.97. The van der Waals surface area contributed by atoms with Crippen molar-refractivity contribution < 1.29 is 14.7 Å². The molecule has 0 spiro atoms. The highest BCUT2D eigenvalue weighted by Crippen LogP contribution is 2.29. The normalized spacial score (nSPS) is 21.3. The third-order valence-electron chi connectivity index (χ3n) is 4.78. The number of amides is 2. The van der Waals surface area contributed by atoms with Gasteiger partial charge in [-0.3, -0.25) is 9.59 Å². The summed E-state index contributed by atoms with van der Waals surface area (Å²) in [6.07, 6.45) is 10.6. The van der Waals surface area contributed by atoms with Crippen LogP contribution in [0.4, 0.5) is 17.3 Å². The minimum absolute atomic E-state index is 0.129. The first-order chi connectivity index (χ1) is 13.5. The molecule has 8 nitrogen and oxygen atoms in total. The van der Waals surface area contributed by atoms with E-state index in [1.165, 1.54) is 11.1 Å². The van der Waals surface area contributed by atoms with E-state index >= 15 is 0 Å². The van der Waals surface area contributed by atoms with Crippen LogP contribution in [0.3, 0.4) is 0 Å². The summed E-state index contributed by atoms with van der Waals surface area (Å²) in [7, 11) is 0. The number of nitrogens with one attached hydrogen (secondary N) is 2. The third-order valence-corrected chi connectivity index (χ3v) is 4.78. The summed E-state index contributed by atoms with van der Waals surface area (Å²) in [5.41, 5.74) is -0.681. The zero-order chi connectivity index (χ0) is 19.7. The standard InChI is InChI=1S/C20H19N5O3/c1-2-20(28)8-10-25(19(20)27)15-7-9-21-17(11-15)24-16-6-3-13(12-22-16)18(26)23-14-4-5-14/h1,3,6-7,9,11-12,14,28H,4-5,8,10H2,(H,23,26)(H,21,22,24)/t20-/m1/s1. The van der Waals surface area contributed by atoms with E-state index in [9.17, 15) is 14.7 Å². The van der Waals surface area contributed by atoms with E-state index in [-0.39, 0.29) is 18.4 Å². The summed E-state index contributed by atoms with van der Waals surface area (Å²) in [6, 6.07) is 7.01. The van der Waals surface area contributed by atoms with Crippen molar-refractivity contribution in [3.8, 4) is 12.3 Å². The summed E-state index contributed by atoms with van der Waals surface area (Å²) in [6.45, 7) is 0.325. The van der Waals surface area contributed by atoms with Gasteiger partial charge in [0.25, 0.3) is 11.8 Å². The molecule has 2 amide bonds. The van der Waals surface area contributed by atoms with Crippen LogP contribution in [0.2, 0.25) is 0 Å². The molecule has 2 fully saturated rings. The molecule has 0 bridgehead atoms. The Bertz CT molecular complexity index is 965. The van der Waals surface area contributed by atoms with E-state index in [0.29, 0.717) is 29.4 Å². The van der Waals surface area contributed by atoms with Crippen LogP contribution in [-0.2, 0) is 4.79 Å². The molecular weight excluding hydrogens is 358 g/mol. The Morgan fingerprint density at radius 3 is 2.75 bits per heavy atom. The lowest BCUT2D eigenvalue weighted by molar-refractivity contribution is -0.128. The number of aromatic nitrogens is 2. The minimum Gasteiger partial charge on any atom is -0.369 e. The van der Waals surface area contributed by atoms with Crippen molar-refractivity contribution in [2.75, 3.05) is 16.8 Å². The molecule has 1 aliphatic heterocycles. The minimum atomic E-state index is -1.75. The van der Waals surface area contributed by atoms with Gasteiger partial charge in [-0.2, -0.15) is 0 Å². The van der Waals surface area contributed by atoms with E-state index in [0.717, 1.165) is 12.8 Å². The second kappa shape index (κ2) is 6.94. The molecule has 3 heterocycles. The van der Waals surface area contributed by atoms with Gasteiger partial charge in [0.2, 0.25) is 5.60 Å². The quantitative estimate of drug-likeness (QED) is 0.676. The van der Waals surface area contributed by atoms with Gasteiger partial charge in [0, 0.05) is 43.2 Å². The molecule has 1 saturated carbocycles. The lowest BCUT2D eigenvalue weighted by atomic mass is 10.0. The highest BCUT2D eigenvalue weighted by atomic mass is 16.3. The van der Waals surface area contributed by atoms with Gasteiger partial charge in [-0.1, -0.05) is 5.92 Å². The van der Waals surface area contributed by atoms with E-state index in [1.807, 2.05) is 0 Å². The van der Waals surface area contributed by atoms with Crippen molar-refractivity contribution >= 4 is 29.1 Å². The van der Waals surface area contributed by atoms with Gasteiger partial charge in [0.15, 0.2) is 0 Å². The monoisotopic (exact) mass is 377 g/mol. The Hall–Kier alpha value is -3.44. The van der Waals surface area contributed by atoms with Gasteiger partial charge < -0.3 is 20.6 Å². The van der Waals surface area contributed by atoms with Gasteiger partial charge in [0.1, 0.15) is 11.6 Å². The first kappa shape index (κ1) is 17.9. The summed E-state index contributed by atoms with van der Waals surface area (Å²) in [4.78, 5) is 34.3. The Labute approximate surface area is 162 Å². The predicted octanol–water partition coefficient (Wildman–Crippen LogP) is 1.21.